The maximum atomic E-state index is 13.5. The molecule has 0 unspecified atom stereocenters. The number of nitrogens with one attached hydrogen (secondary N) is 2. The van der Waals surface area contributed by atoms with Gasteiger partial charge in [0.15, 0.2) is 11.6 Å². The van der Waals surface area contributed by atoms with Gasteiger partial charge < -0.3 is 5.32 Å². The highest BCUT2D eigenvalue weighted by molar-refractivity contribution is 7.92. The van der Waals surface area contributed by atoms with Gasteiger partial charge in [-0.3, -0.25) is 9.52 Å². The van der Waals surface area contributed by atoms with Gasteiger partial charge in [-0.1, -0.05) is 18.6 Å². The fraction of sp³-hybridized carbons (Fsp3) is 0.217. The van der Waals surface area contributed by atoms with E-state index in [4.69, 9.17) is 0 Å². The van der Waals surface area contributed by atoms with Crippen LogP contribution in [0.25, 0.3) is 0 Å². The predicted octanol–water partition coefficient (Wildman–Crippen LogP) is 5.22. The van der Waals surface area contributed by atoms with Crippen molar-refractivity contribution in [2.45, 2.75) is 37.0 Å². The van der Waals surface area contributed by atoms with Gasteiger partial charge in [-0.25, -0.2) is 17.2 Å². The summed E-state index contributed by atoms with van der Waals surface area (Å²) in [5.74, 6) is -3.06. The molecule has 0 saturated heterocycles. The van der Waals surface area contributed by atoms with Crippen LogP contribution in [0.3, 0.4) is 0 Å². The van der Waals surface area contributed by atoms with Crippen molar-refractivity contribution >= 4 is 38.0 Å². The second-order valence-corrected chi connectivity index (χ2v) is 10.3. The average molecular weight is 488 g/mol. The number of fused-ring (bicyclic) bond motifs is 1. The monoisotopic (exact) mass is 487 g/mol. The van der Waals surface area contributed by atoms with Gasteiger partial charge in [-0.15, -0.1) is 11.3 Å². The standard InChI is InChI=1S/C23H19F2N3O3S2/c24-18-11-10-14(12-19(18)25)33(30,31)28-20-8-5-4-7-16(20)22(29)27-23-17(13-26)15-6-2-1-3-9-21(15)32-23/h4-5,7-8,10-12,28H,1-3,6,9H2,(H,27,29). The molecule has 2 aromatic carbocycles. The first kappa shape index (κ1) is 22.9. The largest absolute Gasteiger partial charge is 0.312 e. The predicted molar refractivity (Wildman–Crippen MR) is 122 cm³/mol. The minimum atomic E-state index is -4.29. The number of hydrogen-bond acceptors (Lipinski definition) is 5. The number of hydrogen-bond donors (Lipinski definition) is 2. The van der Waals surface area contributed by atoms with Crippen LogP contribution in [0.1, 0.15) is 45.6 Å². The van der Waals surface area contributed by atoms with Gasteiger partial charge >= 0.3 is 0 Å². The summed E-state index contributed by atoms with van der Waals surface area (Å²) in [5.41, 5.74) is 1.42. The summed E-state index contributed by atoms with van der Waals surface area (Å²) in [6, 6.07) is 10.3. The van der Waals surface area contributed by atoms with Crippen LogP contribution in [-0.4, -0.2) is 14.3 Å². The number of thiophene rings is 1. The van der Waals surface area contributed by atoms with Gasteiger partial charge in [-0.2, -0.15) is 5.26 Å². The van der Waals surface area contributed by atoms with Crippen LogP contribution in [0.2, 0.25) is 0 Å². The quantitative estimate of drug-likeness (QED) is 0.482. The van der Waals surface area contributed by atoms with Crippen molar-refractivity contribution < 1.29 is 22.0 Å². The summed E-state index contributed by atoms with van der Waals surface area (Å²) in [6.07, 6.45) is 4.75. The minimum absolute atomic E-state index is 0.0242. The van der Waals surface area contributed by atoms with Gasteiger partial charge in [0.1, 0.15) is 11.1 Å². The summed E-state index contributed by atoms with van der Waals surface area (Å²) >= 11 is 1.37. The summed E-state index contributed by atoms with van der Waals surface area (Å²) in [5, 5.41) is 12.9. The Morgan fingerprint density at radius 1 is 1.03 bits per heavy atom. The molecule has 1 aromatic heterocycles. The first-order valence-electron chi connectivity index (χ1n) is 10.2. The Balaban J connectivity index is 1.62. The molecule has 0 spiro atoms. The molecule has 1 aliphatic carbocycles. The number of carbonyl (C=O) groups is 1. The Bertz CT molecular complexity index is 1380. The average Bonchev–Trinajstić information content (AvgIpc) is 2.94. The van der Waals surface area contributed by atoms with Crippen LogP contribution in [0.5, 0.6) is 0 Å². The molecular formula is C23H19F2N3O3S2. The van der Waals surface area contributed by atoms with Gasteiger partial charge in [0.2, 0.25) is 0 Å². The van der Waals surface area contributed by atoms with Crippen LogP contribution >= 0.6 is 11.3 Å². The van der Waals surface area contributed by atoms with E-state index in [1.54, 1.807) is 6.07 Å². The maximum absolute atomic E-state index is 13.5. The molecule has 1 heterocycles. The van der Waals surface area contributed by atoms with Gasteiger partial charge in [0.25, 0.3) is 15.9 Å². The second-order valence-electron chi connectivity index (χ2n) is 7.56. The molecule has 10 heteroatoms. The number of benzene rings is 2. The molecule has 0 aliphatic heterocycles. The number of nitriles is 1. The maximum Gasteiger partial charge on any atom is 0.262 e. The number of nitrogens with zero attached hydrogens (tertiary/aromatic N) is 1. The molecule has 6 nitrogen and oxygen atoms in total. The van der Waals surface area contributed by atoms with Crippen molar-refractivity contribution in [1.29, 1.82) is 5.26 Å². The van der Waals surface area contributed by atoms with E-state index in [0.717, 1.165) is 48.6 Å². The Kier molecular flexibility index (Phi) is 6.44. The molecule has 4 rings (SSSR count). The smallest absolute Gasteiger partial charge is 0.262 e. The molecule has 0 bridgehead atoms. The molecule has 0 fully saturated rings. The first-order valence-corrected chi connectivity index (χ1v) is 12.5. The lowest BCUT2D eigenvalue weighted by Gasteiger charge is -2.13. The Morgan fingerprint density at radius 3 is 2.55 bits per heavy atom. The van der Waals surface area contributed by atoms with Crippen molar-refractivity contribution in [3.63, 3.8) is 0 Å². The first-order chi connectivity index (χ1) is 15.8. The highest BCUT2D eigenvalue weighted by atomic mass is 32.2. The minimum Gasteiger partial charge on any atom is -0.312 e. The lowest BCUT2D eigenvalue weighted by molar-refractivity contribution is 0.102. The van der Waals surface area contributed by atoms with Gasteiger partial charge in [0.05, 0.1) is 21.7 Å². The molecule has 0 radical (unpaired) electrons. The molecule has 2 N–H and O–H groups in total. The third kappa shape index (κ3) is 4.74. The Hall–Kier alpha value is -3.29. The zero-order valence-corrected chi connectivity index (χ0v) is 19.0. The van der Waals surface area contributed by atoms with Crippen LogP contribution in [0.4, 0.5) is 19.5 Å². The third-order valence-electron chi connectivity index (χ3n) is 5.38. The van der Waals surface area contributed by atoms with Gasteiger partial charge in [-0.05, 0) is 61.6 Å². The molecule has 170 valence electrons. The Morgan fingerprint density at radius 2 is 1.79 bits per heavy atom. The molecule has 0 saturated carbocycles. The van der Waals surface area contributed by atoms with E-state index in [1.807, 2.05) is 0 Å². The lowest BCUT2D eigenvalue weighted by atomic mass is 10.1. The number of amides is 1. The van der Waals surface area contributed by atoms with Crippen LogP contribution < -0.4 is 10.0 Å². The van der Waals surface area contributed by atoms with Crippen molar-refractivity contribution in [2.24, 2.45) is 0 Å². The SMILES string of the molecule is N#Cc1c(NC(=O)c2ccccc2NS(=O)(=O)c2ccc(F)c(F)c2)sc2c1CCCCC2. The van der Waals surface area contributed by atoms with E-state index < -0.39 is 32.5 Å². The van der Waals surface area contributed by atoms with Crippen LogP contribution in [0.15, 0.2) is 47.4 Å². The number of para-hydroxylation sites is 1. The molecule has 3 aromatic rings. The molecule has 0 atom stereocenters. The highest BCUT2D eigenvalue weighted by Crippen LogP contribution is 2.37. The number of anilines is 2. The van der Waals surface area contributed by atoms with Crippen molar-refractivity contribution in [2.75, 3.05) is 10.0 Å². The summed E-state index contributed by atoms with van der Waals surface area (Å²) in [6.45, 7) is 0. The number of aryl methyl sites for hydroxylation is 1. The van der Waals surface area contributed by atoms with E-state index in [9.17, 15) is 27.3 Å². The van der Waals surface area contributed by atoms with E-state index in [1.165, 1.54) is 29.5 Å². The third-order valence-corrected chi connectivity index (χ3v) is 7.95. The van der Waals surface area contributed by atoms with Crippen molar-refractivity contribution in [3.05, 3.63) is 75.7 Å². The fourth-order valence-corrected chi connectivity index (χ4v) is 6.06. The zero-order valence-electron chi connectivity index (χ0n) is 17.3. The number of halogens is 2. The van der Waals surface area contributed by atoms with E-state index >= 15 is 0 Å². The van der Waals surface area contributed by atoms with Crippen molar-refractivity contribution in [3.8, 4) is 6.07 Å². The lowest BCUT2D eigenvalue weighted by Crippen LogP contribution is -2.19. The fourth-order valence-electron chi connectivity index (χ4n) is 3.74. The van der Waals surface area contributed by atoms with E-state index in [0.29, 0.717) is 22.7 Å². The molecular weight excluding hydrogens is 468 g/mol. The summed E-state index contributed by atoms with van der Waals surface area (Å²) < 4.78 is 54.4. The van der Waals surface area contributed by atoms with Crippen LogP contribution in [0, 0.1) is 23.0 Å². The molecule has 1 amide bonds. The number of rotatable bonds is 5. The number of sulfonamides is 1. The number of carbonyl (C=O) groups excluding carboxylic acids is 1. The van der Waals surface area contributed by atoms with Crippen molar-refractivity contribution in [1.82, 2.24) is 0 Å². The normalized spacial score (nSPS) is 13.5. The van der Waals surface area contributed by atoms with Gasteiger partial charge in [0, 0.05) is 4.88 Å². The van der Waals surface area contributed by atoms with E-state index in [2.05, 4.69) is 16.1 Å². The summed E-state index contributed by atoms with van der Waals surface area (Å²) in [4.78, 5) is 13.7. The Labute approximate surface area is 193 Å². The molecule has 33 heavy (non-hydrogen) atoms. The highest BCUT2D eigenvalue weighted by Gasteiger charge is 2.24. The van der Waals surface area contributed by atoms with Crippen LogP contribution in [-0.2, 0) is 22.9 Å². The summed E-state index contributed by atoms with van der Waals surface area (Å²) in [7, 11) is -4.29. The van der Waals surface area contributed by atoms with E-state index in [-0.39, 0.29) is 11.3 Å². The topological polar surface area (TPSA) is 99.1 Å². The molecule has 1 aliphatic rings. The zero-order chi connectivity index (χ0) is 23.6. The second kappa shape index (κ2) is 9.29.